The van der Waals surface area contributed by atoms with Crippen LogP contribution < -0.4 is 5.32 Å². The summed E-state index contributed by atoms with van der Waals surface area (Å²) in [6, 6.07) is 6.29. The van der Waals surface area contributed by atoms with Crippen LogP contribution in [-0.4, -0.2) is 17.6 Å². The Balaban J connectivity index is 1.97. The second kappa shape index (κ2) is 17.5. The zero-order valence-corrected chi connectivity index (χ0v) is 17.9. The second-order valence-electron chi connectivity index (χ2n) is 7.03. The maximum absolute atomic E-state index is 11.9. The van der Waals surface area contributed by atoms with Crippen LogP contribution in [0.15, 0.2) is 72.9 Å². The fraction of sp³-hybridized carbons (Fsp3) is 0.423. The minimum atomic E-state index is -0.100. The van der Waals surface area contributed by atoms with Gasteiger partial charge < -0.3 is 10.4 Å². The number of hydrogen-bond donors (Lipinski definition) is 2. The van der Waals surface area contributed by atoms with Crippen molar-refractivity contribution in [2.75, 3.05) is 6.54 Å². The first-order chi connectivity index (χ1) is 14.2. The first-order valence-corrected chi connectivity index (χ1v) is 10.9. The number of benzene rings is 1. The number of carbonyl (C=O) groups excluding carboxylic acids is 1. The molecule has 0 heterocycles. The highest BCUT2D eigenvalue weighted by molar-refractivity contribution is 5.94. The molecular weight excluding hydrogens is 358 g/mol. The van der Waals surface area contributed by atoms with Crippen molar-refractivity contribution in [3.05, 3.63) is 78.4 Å². The van der Waals surface area contributed by atoms with Gasteiger partial charge in [-0.15, -0.1) is 0 Å². The minimum absolute atomic E-state index is 0.100. The summed E-state index contributed by atoms with van der Waals surface area (Å²) >= 11 is 0. The Morgan fingerprint density at radius 3 is 1.86 bits per heavy atom. The molecule has 1 aromatic carbocycles. The molecule has 0 spiro atoms. The molecular formula is C26H37NO2. The number of aromatic hydroxyl groups is 1. The average molecular weight is 396 g/mol. The molecule has 0 unspecified atom stereocenters. The summed E-state index contributed by atoms with van der Waals surface area (Å²) in [7, 11) is 0. The van der Waals surface area contributed by atoms with Crippen molar-refractivity contribution in [1.29, 1.82) is 0 Å². The number of nitrogens with one attached hydrogen (secondary N) is 1. The highest BCUT2D eigenvalue weighted by Gasteiger charge is 2.03. The third-order valence-corrected chi connectivity index (χ3v) is 4.42. The molecule has 0 aliphatic carbocycles. The van der Waals surface area contributed by atoms with Crippen molar-refractivity contribution in [3.8, 4) is 5.75 Å². The van der Waals surface area contributed by atoms with E-state index >= 15 is 0 Å². The topological polar surface area (TPSA) is 49.3 Å². The molecule has 29 heavy (non-hydrogen) atoms. The van der Waals surface area contributed by atoms with Crippen molar-refractivity contribution in [2.24, 2.45) is 0 Å². The number of phenolic OH excluding ortho intramolecular Hbond substituents is 1. The van der Waals surface area contributed by atoms with Crippen molar-refractivity contribution in [3.63, 3.8) is 0 Å². The van der Waals surface area contributed by atoms with Gasteiger partial charge >= 0.3 is 0 Å². The Bertz CT molecular complexity index is 654. The van der Waals surface area contributed by atoms with Gasteiger partial charge in [0.15, 0.2) is 0 Å². The Morgan fingerprint density at radius 2 is 1.31 bits per heavy atom. The van der Waals surface area contributed by atoms with Gasteiger partial charge in [-0.1, -0.05) is 68.4 Å². The molecule has 2 N–H and O–H groups in total. The molecule has 1 amide bonds. The van der Waals surface area contributed by atoms with Gasteiger partial charge in [0.1, 0.15) is 5.75 Å². The molecule has 158 valence electrons. The summed E-state index contributed by atoms with van der Waals surface area (Å²) in [4.78, 5) is 11.9. The minimum Gasteiger partial charge on any atom is -0.508 e. The first-order valence-electron chi connectivity index (χ1n) is 10.9. The van der Waals surface area contributed by atoms with Crippen LogP contribution in [0.2, 0.25) is 0 Å². The van der Waals surface area contributed by atoms with E-state index in [9.17, 15) is 9.90 Å². The van der Waals surface area contributed by atoms with Crippen LogP contribution in [0, 0.1) is 0 Å². The van der Waals surface area contributed by atoms with E-state index in [1.807, 2.05) is 0 Å². The number of allylic oxidation sites excluding steroid dienone is 8. The number of amides is 1. The summed E-state index contributed by atoms with van der Waals surface area (Å²) in [5.74, 6) is 0.0685. The van der Waals surface area contributed by atoms with Crippen molar-refractivity contribution in [1.82, 2.24) is 5.32 Å². The van der Waals surface area contributed by atoms with Crippen LogP contribution in [0.5, 0.6) is 5.75 Å². The summed E-state index contributed by atoms with van der Waals surface area (Å²) in [6.07, 6.45) is 27.7. The fourth-order valence-electron chi connectivity index (χ4n) is 2.70. The normalized spacial score (nSPS) is 12.0. The fourth-order valence-corrected chi connectivity index (χ4v) is 2.70. The lowest BCUT2D eigenvalue weighted by Crippen LogP contribution is -2.24. The first kappa shape index (κ1) is 24.5. The number of hydrogen-bond acceptors (Lipinski definition) is 2. The van der Waals surface area contributed by atoms with E-state index in [2.05, 4.69) is 60.8 Å². The number of carbonyl (C=O) groups is 1. The van der Waals surface area contributed by atoms with E-state index in [0.29, 0.717) is 12.1 Å². The molecule has 0 aromatic heterocycles. The van der Waals surface area contributed by atoms with Crippen LogP contribution in [0.3, 0.4) is 0 Å². The third-order valence-electron chi connectivity index (χ3n) is 4.42. The zero-order chi connectivity index (χ0) is 21.0. The van der Waals surface area contributed by atoms with Gasteiger partial charge in [-0.25, -0.2) is 0 Å². The summed E-state index contributed by atoms with van der Waals surface area (Å²) in [5, 5.41) is 12.1. The summed E-state index contributed by atoms with van der Waals surface area (Å²) in [6.45, 7) is 2.89. The largest absolute Gasteiger partial charge is 0.508 e. The van der Waals surface area contributed by atoms with E-state index in [4.69, 9.17) is 0 Å². The Kier molecular flexibility index (Phi) is 14.8. The lowest BCUT2D eigenvalue weighted by Gasteiger charge is -2.04. The van der Waals surface area contributed by atoms with E-state index in [1.54, 1.807) is 12.1 Å². The molecule has 0 atom stereocenters. The van der Waals surface area contributed by atoms with E-state index < -0.39 is 0 Å². The Hall–Kier alpha value is -2.55. The van der Waals surface area contributed by atoms with Crippen molar-refractivity contribution >= 4 is 5.91 Å². The highest BCUT2D eigenvalue weighted by Crippen LogP contribution is 2.09. The number of rotatable bonds is 15. The maximum Gasteiger partial charge on any atom is 0.251 e. The standard InChI is InChI=1S/C26H37NO2/c1-2-3-4-5-6-7-8-9-10-11-12-13-14-15-16-17-18-23-27-26(29)24-19-21-25(28)22-20-24/h6-7,9-10,12-13,15-16,19-22,28H,2-5,8,11,14,17-18,23H2,1H3,(H,27,29)/b7-6-,10-9-,13-12-,16-15-. The highest BCUT2D eigenvalue weighted by atomic mass is 16.3. The Morgan fingerprint density at radius 1 is 0.793 bits per heavy atom. The van der Waals surface area contributed by atoms with E-state index in [0.717, 1.165) is 32.1 Å². The average Bonchev–Trinajstić information content (AvgIpc) is 2.73. The van der Waals surface area contributed by atoms with Crippen molar-refractivity contribution < 1.29 is 9.90 Å². The molecule has 0 radical (unpaired) electrons. The molecule has 0 saturated heterocycles. The predicted octanol–water partition coefficient (Wildman–Crippen LogP) is 6.88. The quantitative estimate of drug-likeness (QED) is 0.251. The van der Waals surface area contributed by atoms with Crippen LogP contribution >= 0.6 is 0 Å². The van der Waals surface area contributed by atoms with Crippen LogP contribution in [0.25, 0.3) is 0 Å². The zero-order valence-electron chi connectivity index (χ0n) is 17.9. The monoisotopic (exact) mass is 395 g/mol. The molecule has 0 saturated carbocycles. The lowest BCUT2D eigenvalue weighted by molar-refractivity contribution is 0.0953. The van der Waals surface area contributed by atoms with Gasteiger partial charge in [-0.2, -0.15) is 0 Å². The van der Waals surface area contributed by atoms with Crippen LogP contribution in [0.4, 0.5) is 0 Å². The molecule has 0 bridgehead atoms. The number of unbranched alkanes of at least 4 members (excludes halogenated alkanes) is 4. The van der Waals surface area contributed by atoms with Gasteiger partial charge in [0.2, 0.25) is 0 Å². The summed E-state index contributed by atoms with van der Waals surface area (Å²) in [5.41, 5.74) is 0.570. The molecule has 3 nitrogen and oxygen atoms in total. The molecule has 0 aliphatic rings. The molecule has 1 rings (SSSR count). The van der Waals surface area contributed by atoms with Crippen LogP contribution in [0.1, 0.15) is 75.1 Å². The van der Waals surface area contributed by atoms with E-state index in [-0.39, 0.29) is 11.7 Å². The van der Waals surface area contributed by atoms with Gasteiger partial charge in [0.05, 0.1) is 0 Å². The third kappa shape index (κ3) is 14.1. The van der Waals surface area contributed by atoms with Gasteiger partial charge in [0, 0.05) is 12.1 Å². The lowest BCUT2D eigenvalue weighted by atomic mass is 10.2. The molecule has 0 aliphatic heterocycles. The van der Waals surface area contributed by atoms with Gasteiger partial charge in [-0.3, -0.25) is 4.79 Å². The molecule has 1 aromatic rings. The van der Waals surface area contributed by atoms with Crippen LogP contribution in [-0.2, 0) is 0 Å². The Labute approximate surface area is 176 Å². The molecule has 3 heteroatoms. The predicted molar refractivity (Wildman–Crippen MR) is 124 cm³/mol. The van der Waals surface area contributed by atoms with Gasteiger partial charge in [-0.05, 0) is 69.2 Å². The smallest absolute Gasteiger partial charge is 0.251 e. The number of phenols is 1. The van der Waals surface area contributed by atoms with E-state index in [1.165, 1.54) is 37.8 Å². The van der Waals surface area contributed by atoms with Gasteiger partial charge in [0.25, 0.3) is 5.91 Å². The summed E-state index contributed by atoms with van der Waals surface area (Å²) < 4.78 is 0. The SMILES string of the molecule is CCCCC/C=C\C/C=C\C/C=C\C/C=C\CCCNC(=O)c1ccc(O)cc1. The molecule has 0 fully saturated rings. The maximum atomic E-state index is 11.9. The second-order valence-corrected chi connectivity index (χ2v) is 7.03. The van der Waals surface area contributed by atoms with Crippen molar-refractivity contribution in [2.45, 2.75) is 64.7 Å².